The number of hydrogen-bond acceptors (Lipinski definition) is 5. The second kappa shape index (κ2) is 11.3. The number of rotatable bonds is 11. The van der Waals surface area contributed by atoms with E-state index < -0.39 is 5.97 Å². The molecule has 0 atom stereocenters. The van der Waals surface area contributed by atoms with E-state index in [0.717, 1.165) is 24.3 Å². The van der Waals surface area contributed by atoms with Crippen molar-refractivity contribution in [1.29, 1.82) is 0 Å². The van der Waals surface area contributed by atoms with E-state index in [0.29, 0.717) is 19.6 Å². The summed E-state index contributed by atoms with van der Waals surface area (Å²) >= 11 is 0. The maximum atomic E-state index is 11.5. The van der Waals surface area contributed by atoms with Gasteiger partial charge in [0, 0.05) is 13.0 Å². The van der Waals surface area contributed by atoms with E-state index >= 15 is 0 Å². The normalized spacial score (nSPS) is 10.0. The second-order valence-electron chi connectivity index (χ2n) is 4.99. The zero-order valence-corrected chi connectivity index (χ0v) is 13.8. The van der Waals surface area contributed by atoms with Crippen LogP contribution in [0.1, 0.15) is 32.6 Å². The Labute approximate surface area is 137 Å². The average Bonchev–Trinajstić information content (AvgIpc) is 2.57. The molecule has 0 aliphatic carbocycles. The molecule has 0 bridgehead atoms. The van der Waals surface area contributed by atoms with E-state index in [1.807, 2.05) is 6.92 Å². The van der Waals surface area contributed by atoms with Crippen molar-refractivity contribution in [1.82, 2.24) is 5.32 Å². The van der Waals surface area contributed by atoms with Crippen molar-refractivity contribution in [2.45, 2.75) is 32.6 Å². The molecule has 0 saturated heterocycles. The number of nitrogens with one attached hydrogen (secondary N) is 1. The van der Waals surface area contributed by atoms with Crippen molar-refractivity contribution in [3.8, 4) is 11.5 Å². The third-order valence-corrected chi connectivity index (χ3v) is 3.07. The van der Waals surface area contributed by atoms with Crippen LogP contribution in [0, 0.1) is 0 Å². The molecule has 1 aromatic rings. The molecular weight excluding hydrogens is 298 g/mol. The minimum absolute atomic E-state index is 0.220. The number of amides is 1. The fourth-order valence-corrected chi connectivity index (χ4v) is 1.75. The van der Waals surface area contributed by atoms with Crippen molar-refractivity contribution >= 4 is 11.9 Å². The van der Waals surface area contributed by atoms with E-state index in [4.69, 9.17) is 14.2 Å². The standard InChI is InChI=1S/C17H25NO5/c1-3-4-11-18-16(19)13-23-17(20)6-5-12-22-15-9-7-14(21-2)8-10-15/h7-10H,3-6,11-13H2,1-2H3,(H,18,19). The fourth-order valence-electron chi connectivity index (χ4n) is 1.75. The molecule has 0 aromatic heterocycles. The van der Waals surface area contributed by atoms with Crippen molar-refractivity contribution < 1.29 is 23.8 Å². The molecule has 0 unspecified atom stereocenters. The Hall–Kier alpha value is -2.24. The van der Waals surface area contributed by atoms with Crippen molar-refractivity contribution in [3.63, 3.8) is 0 Å². The summed E-state index contributed by atoms with van der Waals surface area (Å²) in [6.45, 7) is 2.84. The first-order chi connectivity index (χ1) is 11.2. The van der Waals surface area contributed by atoms with Gasteiger partial charge < -0.3 is 19.5 Å². The highest BCUT2D eigenvalue weighted by Gasteiger charge is 2.07. The Balaban J connectivity index is 2.08. The van der Waals surface area contributed by atoms with Gasteiger partial charge in [-0.05, 0) is 37.1 Å². The van der Waals surface area contributed by atoms with E-state index in [2.05, 4.69) is 5.32 Å². The SMILES string of the molecule is CCCCNC(=O)COC(=O)CCCOc1ccc(OC)cc1. The first-order valence-corrected chi connectivity index (χ1v) is 7.85. The van der Waals surface area contributed by atoms with Crippen LogP contribution in [0.3, 0.4) is 0 Å². The van der Waals surface area contributed by atoms with Crippen molar-refractivity contribution in [3.05, 3.63) is 24.3 Å². The molecule has 1 N–H and O–H groups in total. The number of unbranched alkanes of at least 4 members (excludes halogenated alkanes) is 1. The molecule has 6 nitrogen and oxygen atoms in total. The fraction of sp³-hybridized carbons (Fsp3) is 0.529. The van der Waals surface area contributed by atoms with Gasteiger partial charge in [0.1, 0.15) is 11.5 Å². The van der Waals surface area contributed by atoms with Crippen LogP contribution in [0.2, 0.25) is 0 Å². The van der Waals surface area contributed by atoms with Gasteiger partial charge in [-0.3, -0.25) is 9.59 Å². The predicted octanol–water partition coefficient (Wildman–Crippen LogP) is 2.31. The van der Waals surface area contributed by atoms with Crippen LogP contribution in [0.5, 0.6) is 11.5 Å². The van der Waals surface area contributed by atoms with Gasteiger partial charge in [0.05, 0.1) is 13.7 Å². The molecule has 6 heteroatoms. The van der Waals surface area contributed by atoms with E-state index in [-0.39, 0.29) is 18.9 Å². The Morgan fingerprint density at radius 2 is 1.78 bits per heavy atom. The lowest BCUT2D eigenvalue weighted by Gasteiger charge is -2.08. The molecule has 0 spiro atoms. The van der Waals surface area contributed by atoms with E-state index in [1.54, 1.807) is 31.4 Å². The van der Waals surface area contributed by atoms with Gasteiger partial charge in [0.2, 0.25) is 0 Å². The average molecular weight is 323 g/mol. The van der Waals surface area contributed by atoms with Gasteiger partial charge in [0.25, 0.3) is 5.91 Å². The summed E-state index contributed by atoms with van der Waals surface area (Å²) in [5.41, 5.74) is 0. The molecule has 1 rings (SSSR count). The molecule has 0 heterocycles. The summed E-state index contributed by atoms with van der Waals surface area (Å²) in [5.74, 6) is 0.822. The van der Waals surface area contributed by atoms with Gasteiger partial charge >= 0.3 is 5.97 Å². The summed E-state index contributed by atoms with van der Waals surface area (Å²) in [6, 6.07) is 7.22. The minimum atomic E-state index is -0.394. The maximum absolute atomic E-state index is 11.5. The number of methoxy groups -OCH3 is 1. The largest absolute Gasteiger partial charge is 0.497 e. The first-order valence-electron chi connectivity index (χ1n) is 7.85. The molecule has 23 heavy (non-hydrogen) atoms. The summed E-state index contributed by atoms with van der Waals surface area (Å²) in [6.07, 6.45) is 2.68. The molecule has 0 aliphatic rings. The van der Waals surface area contributed by atoms with E-state index in [9.17, 15) is 9.59 Å². The lowest BCUT2D eigenvalue weighted by Crippen LogP contribution is -2.29. The molecule has 128 valence electrons. The molecule has 0 saturated carbocycles. The topological polar surface area (TPSA) is 73.9 Å². The second-order valence-corrected chi connectivity index (χ2v) is 4.99. The number of carbonyl (C=O) groups excluding carboxylic acids is 2. The van der Waals surface area contributed by atoms with Crippen LogP contribution >= 0.6 is 0 Å². The highest BCUT2D eigenvalue weighted by atomic mass is 16.5. The Morgan fingerprint density at radius 3 is 2.43 bits per heavy atom. The van der Waals surface area contributed by atoms with Crippen LogP contribution < -0.4 is 14.8 Å². The number of ether oxygens (including phenoxy) is 3. The van der Waals surface area contributed by atoms with Gasteiger partial charge in [-0.15, -0.1) is 0 Å². The van der Waals surface area contributed by atoms with Crippen LogP contribution in [0.4, 0.5) is 0 Å². The van der Waals surface area contributed by atoms with Crippen LogP contribution in [-0.2, 0) is 14.3 Å². The van der Waals surface area contributed by atoms with Crippen LogP contribution in [0.15, 0.2) is 24.3 Å². The molecule has 1 amide bonds. The highest BCUT2D eigenvalue weighted by molar-refractivity contribution is 5.80. The molecule has 1 aromatic carbocycles. The summed E-state index contributed by atoms with van der Waals surface area (Å²) in [4.78, 5) is 22.9. The zero-order chi connectivity index (χ0) is 16.9. The number of carbonyl (C=O) groups is 2. The quantitative estimate of drug-likeness (QED) is 0.500. The number of esters is 1. The highest BCUT2D eigenvalue weighted by Crippen LogP contribution is 2.17. The monoisotopic (exact) mass is 323 g/mol. The van der Waals surface area contributed by atoms with Gasteiger partial charge in [-0.25, -0.2) is 0 Å². The zero-order valence-electron chi connectivity index (χ0n) is 13.8. The summed E-state index contributed by atoms with van der Waals surface area (Å²) in [5, 5.41) is 2.69. The molecule has 0 radical (unpaired) electrons. The lowest BCUT2D eigenvalue weighted by molar-refractivity contribution is -0.148. The Morgan fingerprint density at radius 1 is 1.09 bits per heavy atom. The smallest absolute Gasteiger partial charge is 0.306 e. The summed E-state index contributed by atoms with van der Waals surface area (Å²) in [7, 11) is 1.60. The van der Waals surface area contributed by atoms with Crippen molar-refractivity contribution in [2.75, 3.05) is 26.9 Å². The van der Waals surface area contributed by atoms with Crippen LogP contribution in [0.25, 0.3) is 0 Å². The van der Waals surface area contributed by atoms with Crippen LogP contribution in [-0.4, -0.2) is 38.7 Å². The third kappa shape index (κ3) is 8.70. The molecule has 0 aliphatic heterocycles. The summed E-state index contributed by atoms with van der Waals surface area (Å²) < 4.78 is 15.5. The van der Waals surface area contributed by atoms with Gasteiger partial charge in [-0.2, -0.15) is 0 Å². The van der Waals surface area contributed by atoms with Crippen molar-refractivity contribution in [2.24, 2.45) is 0 Å². The molecular formula is C17H25NO5. The lowest BCUT2D eigenvalue weighted by atomic mass is 10.3. The Bertz CT molecular complexity index is 472. The number of benzene rings is 1. The van der Waals surface area contributed by atoms with Gasteiger partial charge in [-0.1, -0.05) is 13.3 Å². The van der Waals surface area contributed by atoms with E-state index in [1.165, 1.54) is 0 Å². The predicted molar refractivity (Wildman–Crippen MR) is 86.6 cm³/mol. The Kier molecular flexibility index (Phi) is 9.28. The number of hydrogen-bond donors (Lipinski definition) is 1. The third-order valence-electron chi connectivity index (χ3n) is 3.07. The minimum Gasteiger partial charge on any atom is -0.497 e. The molecule has 0 fully saturated rings. The maximum Gasteiger partial charge on any atom is 0.306 e. The first kappa shape index (κ1) is 18.8. The van der Waals surface area contributed by atoms with Gasteiger partial charge in [0.15, 0.2) is 6.61 Å².